The molecule has 0 aliphatic carbocycles. The van der Waals surface area contributed by atoms with Crippen LogP contribution >= 0.6 is 15.9 Å². The highest BCUT2D eigenvalue weighted by Gasteiger charge is 2.14. The van der Waals surface area contributed by atoms with Gasteiger partial charge in [-0.05, 0) is 24.3 Å². The van der Waals surface area contributed by atoms with Crippen molar-refractivity contribution in [1.82, 2.24) is 14.7 Å². The molecule has 0 N–H and O–H groups in total. The molecule has 0 aliphatic heterocycles. The van der Waals surface area contributed by atoms with Crippen molar-refractivity contribution >= 4 is 27.6 Å². The van der Waals surface area contributed by atoms with E-state index in [1.165, 1.54) is 0 Å². The summed E-state index contributed by atoms with van der Waals surface area (Å²) in [7, 11) is 1.74. The van der Waals surface area contributed by atoms with Crippen LogP contribution in [0.5, 0.6) is 0 Å². The summed E-state index contributed by atoms with van der Waals surface area (Å²) in [5, 5.41) is 4.34. The molecule has 0 bridgehead atoms. The number of carbonyl (C=O) groups is 2. The molecule has 138 valence electrons. The van der Waals surface area contributed by atoms with E-state index in [2.05, 4.69) is 21.0 Å². The maximum atomic E-state index is 12.4. The smallest absolute Gasteiger partial charge is 0.223 e. The van der Waals surface area contributed by atoms with Crippen LogP contribution in [0.3, 0.4) is 0 Å². The van der Waals surface area contributed by atoms with Crippen molar-refractivity contribution in [2.24, 2.45) is 0 Å². The van der Waals surface area contributed by atoms with Crippen molar-refractivity contribution in [3.63, 3.8) is 0 Å². The maximum absolute atomic E-state index is 12.4. The van der Waals surface area contributed by atoms with Crippen LogP contribution in [0.4, 0.5) is 0 Å². The van der Waals surface area contributed by atoms with Crippen LogP contribution in [0.15, 0.2) is 71.5 Å². The van der Waals surface area contributed by atoms with Gasteiger partial charge in [-0.1, -0.05) is 46.3 Å². The number of nitrogens with zero attached hydrogens (tertiary/aromatic N) is 3. The van der Waals surface area contributed by atoms with Gasteiger partial charge in [0.15, 0.2) is 5.78 Å². The third-order valence-electron chi connectivity index (χ3n) is 4.23. The molecule has 0 spiro atoms. The summed E-state index contributed by atoms with van der Waals surface area (Å²) in [5.74, 6) is -0.0888. The number of hydrogen-bond donors (Lipinski definition) is 0. The lowest BCUT2D eigenvalue weighted by atomic mass is 10.1. The molecular formula is C21H20BrN3O2. The Kier molecular flexibility index (Phi) is 6.19. The molecule has 0 saturated heterocycles. The lowest BCUT2D eigenvalue weighted by Crippen LogP contribution is -2.26. The first-order valence-electron chi connectivity index (χ1n) is 8.64. The molecule has 2 aromatic carbocycles. The second-order valence-corrected chi connectivity index (χ2v) is 7.22. The number of amides is 1. The van der Waals surface area contributed by atoms with Crippen molar-refractivity contribution in [3.8, 4) is 5.69 Å². The average Bonchev–Trinajstić information content (AvgIpc) is 3.15. The number of rotatable bonds is 7. The Bertz CT molecular complexity index is 920. The van der Waals surface area contributed by atoms with E-state index in [9.17, 15) is 9.59 Å². The van der Waals surface area contributed by atoms with E-state index >= 15 is 0 Å². The summed E-state index contributed by atoms with van der Waals surface area (Å²) in [6.07, 6.45) is 4.06. The fraction of sp³-hybridized carbons (Fsp3) is 0.190. The van der Waals surface area contributed by atoms with Gasteiger partial charge in [-0.2, -0.15) is 5.10 Å². The molecule has 27 heavy (non-hydrogen) atoms. The van der Waals surface area contributed by atoms with Gasteiger partial charge in [0.2, 0.25) is 5.91 Å². The fourth-order valence-electron chi connectivity index (χ4n) is 2.72. The molecule has 0 saturated carbocycles. The fourth-order valence-corrected chi connectivity index (χ4v) is 2.98. The molecule has 5 nitrogen and oxygen atoms in total. The highest BCUT2D eigenvalue weighted by Crippen LogP contribution is 2.14. The molecular weight excluding hydrogens is 406 g/mol. The first-order valence-corrected chi connectivity index (χ1v) is 9.44. The Morgan fingerprint density at radius 1 is 1.04 bits per heavy atom. The molecule has 0 atom stereocenters. The van der Waals surface area contributed by atoms with Gasteiger partial charge in [0, 0.05) is 48.2 Å². The van der Waals surface area contributed by atoms with Crippen molar-refractivity contribution in [1.29, 1.82) is 0 Å². The highest BCUT2D eigenvalue weighted by atomic mass is 79.9. The van der Waals surface area contributed by atoms with Crippen LogP contribution in [0.1, 0.15) is 28.8 Å². The molecule has 0 radical (unpaired) electrons. The van der Waals surface area contributed by atoms with Crippen LogP contribution in [0.25, 0.3) is 5.69 Å². The molecule has 0 aliphatic rings. The molecule has 6 heteroatoms. The third kappa shape index (κ3) is 5.14. The first kappa shape index (κ1) is 19.0. The van der Waals surface area contributed by atoms with E-state index in [0.29, 0.717) is 12.1 Å². The van der Waals surface area contributed by atoms with Gasteiger partial charge in [0.25, 0.3) is 0 Å². The largest absolute Gasteiger partial charge is 0.341 e. The quantitative estimate of drug-likeness (QED) is 0.531. The summed E-state index contributed by atoms with van der Waals surface area (Å²) in [6.45, 7) is 0.456. The first-order chi connectivity index (χ1) is 13.0. The number of halogens is 1. The predicted molar refractivity (Wildman–Crippen MR) is 108 cm³/mol. The third-order valence-corrected chi connectivity index (χ3v) is 4.76. The van der Waals surface area contributed by atoms with E-state index in [1.807, 2.05) is 48.7 Å². The van der Waals surface area contributed by atoms with E-state index in [-0.39, 0.29) is 24.5 Å². The van der Waals surface area contributed by atoms with E-state index < -0.39 is 0 Å². The second kappa shape index (κ2) is 8.77. The van der Waals surface area contributed by atoms with Gasteiger partial charge in [-0.15, -0.1) is 0 Å². The Morgan fingerprint density at radius 3 is 2.44 bits per heavy atom. The summed E-state index contributed by atoms with van der Waals surface area (Å²) in [4.78, 5) is 26.2. The number of aromatic nitrogens is 2. The zero-order chi connectivity index (χ0) is 19.2. The molecule has 1 heterocycles. The number of Topliss-reactive ketones (excluding diaryl/α,β-unsaturated/α-hetero) is 1. The van der Waals surface area contributed by atoms with Gasteiger partial charge in [0.05, 0.1) is 11.9 Å². The summed E-state index contributed by atoms with van der Waals surface area (Å²) in [6, 6.07) is 17.0. The van der Waals surface area contributed by atoms with Crippen molar-refractivity contribution in [3.05, 3.63) is 82.6 Å². The normalized spacial score (nSPS) is 10.6. The predicted octanol–water partition coefficient (Wildman–Crippen LogP) is 4.26. The highest BCUT2D eigenvalue weighted by molar-refractivity contribution is 9.10. The number of benzene rings is 2. The summed E-state index contributed by atoms with van der Waals surface area (Å²) < 4.78 is 2.70. The van der Waals surface area contributed by atoms with Crippen LogP contribution in [-0.2, 0) is 11.3 Å². The maximum Gasteiger partial charge on any atom is 0.223 e. The number of para-hydroxylation sites is 1. The molecule has 0 fully saturated rings. The molecule has 3 rings (SSSR count). The van der Waals surface area contributed by atoms with Gasteiger partial charge in [0.1, 0.15) is 0 Å². The standard InChI is InChI=1S/C21H20BrN3O2/c1-24(14-16-13-23-25(15-16)19-5-3-2-4-6-19)21(27)12-11-20(26)17-7-9-18(22)10-8-17/h2-10,13,15H,11-12,14H2,1H3. The molecule has 1 amide bonds. The SMILES string of the molecule is CN(Cc1cnn(-c2ccccc2)c1)C(=O)CCC(=O)c1ccc(Br)cc1. The van der Waals surface area contributed by atoms with Crippen molar-refractivity contribution in [2.75, 3.05) is 7.05 Å². The van der Waals surface area contributed by atoms with E-state index in [4.69, 9.17) is 0 Å². The zero-order valence-electron chi connectivity index (χ0n) is 15.0. The Hall–Kier alpha value is -2.73. The van der Waals surface area contributed by atoms with Crippen LogP contribution in [0.2, 0.25) is 0 Å². The number of ketones is 1. The topological polar surface area (TPSA) is 55.2 Å². The van der Waals surface area contributed by atoms with Gasteiger partial charge < -0.3 is 4.90 Å². The monoisotopic (exact) mass is 425 g/mol. The summed E-state index contributed by atoms with van der Waals surface area (Å²) in [5.41, 5.74) is 2.53. The van der Waals surface area contributed by atoms with Gasteiger partial charge in [-0.25, -0.2) is 4.68 Å². The molecule has 3 aromatic rings. The van der Waals surface area contributed by atoms with Crippen molar-refractivity contribution in [2.45, 2.75) is 19.4 Å². The Balaban J connectivity index is 1.53. The molecule has 1 aromatic heterocycles. The minimum Gasteiger partial charge on any atom is -0.341 e. The van der Waals surface area contributed by atoms with Gasteiger partial charge in [-0.3, -0.25) is 9.59 Å². The molecule has 0 unspecified atom stereocenters. The van der Waals surface area contributed by atoms with Crippen molar-refractivity contribution < 1.29 is 9.59 Å². The Labute approximate surface area is 166 Å². The lowest BCUT2D eigenvalue weighted by Gasteiger charge is -2.16. The summed E-state index contributed by atoms with van der Waals surface area (Å²) >= 11 is 3.35. The zero-order valence-corrected chi connectivity index (χ0v) is 16.6. The second-order valence-electron chi connectivity index (χ2n) is 6.31. The van der Waals surface area contributed by atoms with E-state index in [1.54, 1.807) is 35.0 Å². The number of hydrogen-bond acceptors (Lipinski definition) is 3. The van der Waals surface area contributed by atoms with Crippen LogP contribution in [0, 0.1) is 0 Å². The number of carbonyl (C=O) groups excluding carboxylic acids is 2. The minimum atomic E-state index is -0.0621. The lowest BCUT2D eigenvalue weighted by molar-refractivity contribution is -0.130. The Morgan fingerprint density at radius 2 is 1.74 bits per heavy atom. The minimum absolute atomic E-state index is 0.0267. The van der Waals surface area contributed by atoms with Crippen LogP contribution in [-0.4, -0.2) is 33.4 Å². The van der Waals surface area contributed by atoms with E-state index in [0.717, 1.165) is 15.7 Å². The van der Waals surface area contributed by atoms with Crippen LogP contribution < -0.4 is 0 Å². The van der Waals surface area contributed by atoms with Gasteiger partial charge >= 0.3 is 0 Å². The average molecular weight is 426 g/mol.